The molecule has 1 aliphatic carbocycles. The molecule has 0 spiro atoms. The molecule has 0 amide bonds. The van der Waals surface area contributed by atoms with Crippen molar-refractivity contribution in [3.05, 3.63) is 69.5 Å². The maximum Gasteiger partial charge on any atom is 0.418 e. The van der Waals surface area contributed by atoms with Gasteiger partial charge in [0.05, 0.1) is 30.2 Å². The number of methoxy groups -OCH3 is 1. The molecule has 6 nitrogen and oxygen atoms in total. The monoisotopic (exact) mass is 471 g/mol. The SMILES string of the molecule is COc1cccc(-c2nn(-c3cc(N4CCC(O)C4)ccc3C(F)(F)F)c(=O)c3c2CCC3)c1. The first kappa shape index (κ1) is 22.5. The van der Waals surface area contributed by atoms with Crippen LogP contribution in [0.15, 0.2) is 47.3 Å². The summed E-state index contributed by atoms with van der Waals surface area (Å²) in [5.41, 5.74) is 1.19. The molecular weight excluding hydrogens is 447 g/mol. The highest BCUT2D eigenvalue weighted by Crippen LogP contribution is 2.37. The van der Waals surface area contributed by atoms with Gasteiger partial charge in [0.1, 0.15) is 5.75 Å². The number of β-amino-alcohol motifs (C(OH)–C–C–N with tert-alkyl or cyclic N) is 1. The molecule has 0 saturated carbocycles. The van der Waals surface area contributed by atoms with E-state index in [9.17, 15) is 23.1 Å². The third-order valence-electron chi connectivity index (χ3n) is 6.54. The molecule has 178 valence electrons. The van der Waals surface area contributed by atoms with E-state index in [4.69, 9.17) is 4.74 Å². The van der Waals surface area contributed by atoms with Crippen molar-refractivity contribution in [1.82, 2.24) is 9.78 Å². The Kier molecular flexibility index (Phi) is 5.59. The Morgan fingerprint density at radius 3 is 2.62 bits per heavy atom. The maximum absolute atomic E-state index is 14.0. The number of benzene rings is 2. The number of nitrogens with zero attached hydrogens (tertiary/aromatic N) is 3. The zero-order valence-electron chi connectivity index (χ0n) is 18.6. The predicted molar refractivity (Wildman–Crippen MR) is 122 cm³/mol. The molecule has 2 aliphatic rings. The Bertz CT molecular complexity index is 1300. The molecule has 1 aliphatic heterocycles. The zero-order valence-corrected chi connectivity index (χ0v) is 18.6. The number of aliphatic hydroxyl groups is 1. The van der Waals surface area contributed by atoms with Crippen LogP contribution >= 0.6 is 0 Å². The number of alkyl halides is 3. The fourth-order valence-electron chi connectivity index (χ4n) is 4.85. The van der Waals surface area contributed by atoms with Crippen molar-refractivity contribution in [1.29, 1.82) is 0 Å². The lowest BCUT2D eigenvalue weighted by atomic mass is 10.0. The van der Waals surface area contributed by atoms with Gasteiger partial charge in [-0.2, -0.15) is 23.0 Å². The van der Waals surface area contributed by atoms with Gasteiger partial charge in [0.2, 0.25) is 0 Å². The van der Waals surface area contributed by atoms with Crippen LogP contribution < -0.4 is 15.2 Å². The smallest absolute Gasteiger partial charge is 0.418 e. The largest absolute Gasteiger partial charge is 0.497 e. The summed E-state index contributed by atoms with van der Waals surface area (Å²) in [6, 6.07) is 10.9. The van der Waals surface area contributed by atoms with Gasteiger partial charge in [-0.05, 0) is 61.6 Å². The van der Waals surface area contributed by atoms with Crippen LogP contribution in [-0.4, -0.2) is 41.2 Å². The van der Waals surface area contributed by atoms with Crippen LogP contribution in [0.2, 0.25) is 0 Å². The lowest BCUT2D eigenvalue weighted by Crippen LogP contribution is -2.29. The van der Waals surface area contributed by atoms with E-state index < -0.39 is 23.4 Å². The number of hydrogen-bond donors (Lipinski definition) is 1. The van der Waals surface area contributed by atoms with Gasteiger partial charge < -0.3 is 14.7 Å². The fourth-order valence-corrected chi connectivity index (χ4v) is 4.85. The molecule has 34 heavy (non-hydrogen) atoms. The summed E-state index contributed by atoms with van der Waals surface area (Å²) in [4.78, 5) is 15.2. The standard InChI is InChI=1S/C25H24F3N3O3/c1-34-18-5-2-4-15(12-18)23-19-6-3-7-20(19)24(33)31(29-23)22-13-16(30-11-10-17(32)14-30)8-9-21(22)25(26,27)28/h2,4-5,8-9,12-13,17,32H,3,6-7,10-11,14H2,1H3. The molecule has 0 bridgehead atoms. The first-order chi connectivity index (χ1) is 16.3. The minimum atomic E-state index is -4.67. The van der Waals surface area contributed by atoms with E-state index in [2.05, 4.69) is 5.10 Å². The van der Waals surface area contributed by atoms with Crippen molar-refractivity contribution >= 4 is 5.69 Å². The molecule has 1 N–H and O–H groups in total. The molecular formula is C25H24F3N3O3. The molecule has 2 heterocycles. The number of ether oxygens (including phenoxy) is 1. The van der Waals surface area contributed by atoms with Crippen LogP contribution in [0.4, 0.5) is 18.9 Å². The minimum Gasteiger partial charge on any atom is -0.497 e. The van der Waals surface area contributed by atoms with E-state index in [0.717, 1.165) is 22.7 Å². The summed E-state index contributed by atoms with van der Waals surface area (Å²) >= 11 is 0. The summed E-state index contributed by atoms with van der Waals surface area (Å²) in [6.45, 7) is 0.847. The number of halogens is 3. The van der Waals surface area contributed by atoms with Crippen LogP contribution in [0.5, 0.6) is 5.75 Å². The predicted octanol–water partition coefficient (Wildman–Crippen LogP) is 3.99. The van der Waals surface area contributed by atoms with Crippen LogP contribution in [0.1, 0.15) is 29.5 Å². The number of hydrogen-bond acceptors (Lipinski definition) is 5. The summed E-state index contributed by atoms with van der Waals surface area (Å²) in [5, 5.41) is 14.4. The number of fused-ring (bicyclic) bond motifs is 1. The molecule has 1 aromatic heterocycles. The van der Waals surface area contributed by atoms with Crippen molar-refractivity contribution in [2.75, 3.05) is 25.1 Å². The van der Waals surface area contributed by atoms with Crippen LogP contribution in [-0.2, 0) is 19.0 Å². The summed E-state index contributed by atoms with van der Waals surface area (Å²) in [6.07, 6.45) is -2.80. The Labute approximate surface area is 194 Å². The van der Waals surface area contributed by atoms with E-state index in [-0.39, 0.29) is 5.69 Å². The van der Waals surface area contributed by atoms with E-state index in [1.54, 1.807) is 18.2 Å². The van der Waals surface area contributed by atoms with E-state index in [1.165, 1.54) is 19.2 Å². The third-order valence-corrected chi connectivity index (χ3v) is 6.54. The van der Waals surface area contributed by atoms with Gasteiger partial charge in [-0.1, -0.05) is 12.1 Å². The average molecular weight is 471 g/mol. The van der Waals surface area contributed by atoms with Crippen molar-refractivity contribution < 1.29 is 23.0 Å². The van der Waals surface area contributed by atoms with Gasteiger partial charge in [0.25, 0.3) is 5.56 Å². The normalized spacial score (nSPS) is 17.8. The molecule has 3 aromatic rings. The van der Waals surface area contributed by atoms with Crippen molar-refractivity contribution in [3.63, 3.8) is 0 Å². The molecule has 9 heteroatoms. The van der Waals surface area contributed by atoms with Gasteiger partial charge in [0, 0.05) is 29.9 Å². The van der Waals surface area contributed by atoms with E-state index in [0.29, 0.717) is 60.6 Å². The summed E-state index contributed by atoms with van der Waals surface area (Å²) < 4.78 is 48.3. The highest BCUT2D eigenvalue weighted by Gasteiger charge is 2.36. The van der Waals surface area contributed by atoms with Gasteiger partial charge in [-0.15, -0.1) is 0 Å². The quantitative estimate of drug-likeness (QED) is 0.624. The Morgan fingerprint density at radius 1 is 1.12 bits per heavy atom. The topological polar surface area (TPSA) is 67.6 Å². The third kappa shape index (κ3) is 3.94. The van der Waals surface area contributed by atoms with Crippen molar-refractivity contribution in [2.45, 2.75) is 38.0 Å². The minimum absolute atomic E-state index is 0.310. The molecule has 2 aromatic carbocycles. The Morgan fingerprint density at radius 2 is 1.91 bits per heavy atom. The van der Waals surface area contributed by atoms with Gasteiger partial charge in [-0.3, -0.25) is 4.79 Å². The van der Waals surface area contributed by atoms with E-state index in [1.807, 2.05) is 11.0 Å². The van der Waals surface area contributed by atoms with Crippen LogP contribution in [0.3, 0.4) is 0 Å². The second-order valence-electron chi connectivity index (χ2n) is 8.70. The second-order valence-corrected chi connectivity index (χ2v) is 8.70. The number of aromatic nitrogens is 2. The lowest BCUT2D eigenvalue weighted by molar-refractivity contribution is -0.137. The number of rotatable bonds is 4. The Hall–Kier alpha value is -3.33. The molecule has 0 radical (unpaired) electrons. The van der Waals surface area contributed by atoms with Crippen molar-refractivity contribution in [2.24, 2.45) is 0 Å². The summed E-state index contributed by atoms with van der Waals surface area (Å²) in [7, 11) is 1.54. The highest BCUT2D eigenvalue weighted by molar-refractivity contribution is 5.67. The maximum atomic E-state index is 14.0. The molecule has 1 fully saturated rings. The summed E-state index contributed by atoms with van der Waals surface area (Å²) in [5.74, 6) is 0.592. The molecule has 5 rings (SSSR count). The molecule has 1 atom stereocenters. The van der Waals surface area contributed by atoms with Gasteiger partial charge in [0.15, 0.2) is 0 Å². The molecule has 1 saturated heterocycles. The highest BCUT2D eigenvalue weighted by atomic mass is 19.4. The fraction of sp³-hybridized carbons (Fsp3) is 0.360. The molecule has 1 unspecified atom stereocenters. The first-order valence-corrected chi connectivity index (χ1v) is 11.2. The zero-order chi connectivity index (χ0) is 24.0. The van der Waals surface area contributed by atoms with Crippen LogP contribution in [0.25, 0.3) is 16.9 Å². The average Bonchev–Trinajstić information content (AvgIpc) is 3.48. The second kappa shape index (κ2) is 8.47. The van der Waals surface area contributed by atoms with Crippen LogP contribution in [0, 0.1) is 0 Å². The number of anilines is 1. The van der Waals surface area contributed by atoms with Gasteiger partial charge in [-0.25, -0.2) is 0 Å². The Balaban J connectivity index is 1.74. The van der Waals surface area contributed by atoms with E-state index >= 15 is 0 Å². The van der Waals surface area contributed by atoms with Gasteiger partial charge >= 0.3 is 6.18 Å². The first-order valence-electron chi connectivity index (χ1n) is 11.2. The van der Waals surface area contributed by atoms with Crippen molar-refractivity contribution in [3.8, 4) is 22.7 Å². The number of aliphatic hydroxyl groups excluding tert-OH is 1. The lowest BCUT2D eigenvalue weighted by Gasteiger charge is -2.22.